The highest BCUT2D eigenvalue weighted by Gasteiger charge is 2.46. The van der Waals surface area contributed by atoms with E-state index < -0.39 is 17.7 Å². The molecular formula is C30H22Cl2N2O4. The lowest BCUT2D eigenvalue weighted by Crippen LogP contribution is -2.29. The zero-order chi connectivity index (χ0) is 26.6. The third-order valence-corrected chi connectivity index (χ3v) is 6.81. The second kappa shape index (κ2) is 11.1. The summed E-state index contributed by atoms with van der Waals surface area (Å²) in [5, 5.41) is 12.0. The quantitative estimate of drug-likeness (QED) is 0.161. The van der Waals surface area contributed by atoms with E-state index in [0.717, 1.165) is 11.1 Å². The van der Waals surface area contributed by atoms with E-state index in [2.05, 4.69) is 4.98 Å². The molecule has 0 radical (unpaired) electrons. The van der Waals surface area contributed by atoms with Gasteiger partial charge in [-0.1, -0.05) is 65.7 Å². The highest BCUT2D eigenvalue weighted by atomic mass is 35.5. The summed E-state index contributed by atoms with van der Waals surface area (Å²) >= 11 is 12.6. The van der Waals surface area contributed by atoms with Gasteiger partial charge in [-0.3, -0.25) is 14.6 Å². The van der Waals surface area contributed by atoms with E-state index in [1.54, 1.807) is 67.0 Å². The monoisotopic (exact) mass is 544 g/mol. The number of aliphatic hydroxyl groups excluding tert-OH is 1. The molecule has 1 atom stereocenters. The largest absolute Gasteiger partial charge is 0.507 e. The molecule has 2 heterocycles. The maximum atomic E-state index is 13.3. The van der Waals surface area contributed by atoms with Crippen molar-refractivity contribution in [3.05, 3.63) is 135 Å². The van der Waals surface area contributed by atoms with Gasteiger partial charge in [-0.2, -0.15) is 0 Å². The summed E-state index contributed by atoms with van der Waals surface area (Å²) in [4.78, 5) is 32.0. The van der Waals surface area contributed by atoms with E-state index in [-0.39, 0.29) is 22.9 Å². The smallest absolute Gasteiger partial charge is 0.295 e. The summed E-state index contributed by atoms with van der Waals surface area (Å²) in [6, 6.07) is 23.9. The number of rotatable bonds is 7. The minimum Gasteiger partial charge on any atom is -0.507 e. The van der Waals surface area contributed by atoms with E-state index in [1.165, 1.54) is 4.90 Å². The average molecular weight is 545 g/mol. The summed E-state index contributed by atoms with van der Waals surface area (Å²) in [5.74, 6) is -1.25. The van der Waals surface area contributed by atoms with Gasteiger partial charge in [0.2, 0.25) is 0 Å². The molecule has 1 aromatic heterocycles. The number of benzene rings is 3. The van der Waals surface area contributed by atoms with Crippen molar-refractivity contribution in [2.45, 2.75) is 19.2 Å². The van der Waals surface area contributed by atoms with Crippen molar-refractivity contribution in [3.8, 4) is 5.75 Å². The first-order valence-corrected chi connectivity index (χ1v) is 12.6. The first-order valence-electron chi connectivity index (χ1n) is 11.8. The topological polar surface area (TPSA) is 79.7 Å². The molecule has 1 fully saturated rings. The third-order valence-electron chi connectivity index (χ3n) is 6.25. The van der Waals surface area contributed by atoms with E-state index in [9.17, 15) is 14.7 Å². The lowest BCUT2D eigenvalue weighted by Gasteiger charge is -2.26. The summed E-state index contributed by atoms with van der Waals surface area (Å²) in [7, 11) is 0. The molecule has 1 amide bonds. The predicted molar refractivity (Wildman–Crippen MR) is 146 cm³/mol. The fraction of sp³-hybridized carbons (Fsp3) is 0.100. The van der Waals surface area contributed by atoms with Gasteiger partial charge < -0.3 is 14.7 Å². The second-order valence-electron chi connectivity index (χ2n) is 8.75. The first kappa shape index (κ1) is 25.5. The van der Waals surface area contributed by atoms with Gasteiger partial charge in [-0.05, 0) is 59.2 Å². The number of nitrogens with zero attached hydrogens (tertiary/aromatic N) is 2. The zero-order valence-corrected chi connectivity index (χ0v) is 21.6. The highest BCUT2D eigenvalue weighted by Crippen LogP contribution is 2.43. The maximum Gasteiger partial charge on any atom is 0.295 e. The number of ketones is 1. The van der Waals surface area contributed by atoms with Gasteiger partial charge in [0.15, 0.2) is 0 Å². The van der Waals surface area contributed by atoms with Crippen LogP contribution in [0.15, 0.2) is 103 Å². The number of halogens is 2. The molecule has 5 rings (SSSR count). The van der Waals surface area contributed by atoms with Crippen LogP contribution in [0, 0.1) is 0 Å². The standard InChI is InChI=1S/C30H22Cl2N2O4/c31-22-10-13-24(25(32)15-22)27-26(29(36)30(37)34(27)17-20-7-4-14-33-16-20)28(35)21-8-11-23(12-9-21)38-18-19-5-2-1-3-6-19/h1-16,27,35H,17-18H2/b28-26+. The Hall–Kier alpha value is -4.13. The van der Waals surface area contributed by atoms with Crippen LogP contribution in [-0.4, -0.2) is 26.7 Å². The van der Waals surface area contributed by atoms with Crippen molar-refractivity contribution < 1.29 is 19.4 Å². The van der Waals surface area contributed by atoms with Crippen LogP contribution in [0.4, 0.5) is 0 Å². The number of Topliss-reactive ketones (excluding diaryl/α,β-unsaturated/α-hetero) is 1. The van der Waals surface area contributed by atoms with Gasteiger partial charge in [0.1, 0.15) is 18.1 Å². The average Bonchev–Trinajstić information content (AvgIpc) is 3.18. The molecule has 1 N–H and O–H groups in total. The minimum atomic E-state index is -0.922. The molecular weight excluding hydrogens is 523 g/mol. The molecule has 4 aromatic rings. The molecule has 1 saturated heterocycles. The van der Waals surface area contributed by atoms with Crippen LogP contribution in [0.2, 0.25) is 10.0 Å². The molecule has 190 valence electrons. The number of amides is 1. The molecule has 0 aliphatic carbocycles. The molecule has 1 aliphatic heterocycles. The number of aromatic nitrogens is 1. The van der Waals surface area contributed by atoms with E-state index >= 15 is 0 Å². The maximum absolute atomic E-state index is 13.3. The second-order valence-corrected chi connectivity index (χ2v) is 9.60. The Morgan fingerprint density at radius 3 is 2.34 bits per heavy atom. The summed E-state index contributed by atoms with van der Waals surface area (Å²) in [5.41, 5.74) is 2.54. The van der Waals surface area contributed by atoms with Crippen molar-refractivity contribution in [2.24, 2.45) is 0 Å². The van der Waals surface area contributed by atoms with Crippen molar-refractivity contribution in [3.63, 3.8) is 0 Å². The van der Waals surface area contributed by atoms with Crippen molar-refractivity contribution >= 4 is 40.7 Å². The van der Waals surface area contributed by atoms with Crippen LogP contribution in [0.1, 0.15) is 28.3 Å². The molecule has 0 bridgehead atoms. The molecule has 0 saturated carbocycles. The van der Waals surface area contributed by atoms with Crippen LogP contribution in [0.25, 0.3) is 5.76 Å². The van der Waals surface area contributed by atoms with Gasteiger partial charge in [0, 0.05) is 34.5 Å². The van der Waals surface area contributed by atoms with Crippen LogP contribution in [0.5, 0.6) is 5.75 Å². The van der Waals surface area contributed by atoms with Crippen LogP contribution >= 0.6 is 23.2 Å². The number of ether oxygens (including phenoxy) is 1. The zero-order valence-electron chi connectivity index (χ0n) is 20.1. The van der Waals surface area contributed by atoms with Gasteiger partial charge >= 0.3 is 0 Å². The van der Waals surface area contributed by atoms with Crippen molar-refractivity contribution in [2.75, 3.05) is 0 Å². The first-order chi connectivity index (χ1) is 18.4. The van der Waals surface area contributed by atoms with E-state index in [4.69, 9.17) is 27.9 Å². The van der Waals surface area contributed by atoms with E-state index in [1.807, 2.05) is 30.3 Å². The van der Waals surface area contributed by atoms with E-state index in [0.29, 0.717) is 28.5 Å². The number of hydrogen-bond donors (Lipinski definition) is 1. The number of pyridine rings is 1. The Balaban J connectivity index is 1.51. The number of likely N-dealkylation sites (tertiary alicyclic amines) is 1. The summed E-state index contributed by atoms with van der Waals surface area (Å²) in [6.45, 7) is 0.492. The van der Waals surface area contributed by atoms with Crippen LogP contribution in [0.3, 0.4) is 0 Å². The molecule has 1 unspecified atom stereocenters. The van der Waals surface area contributed by atoms with Crippen LogP contribution in [-0.2, 0) is 22.7 Å². The highest BCUT2D eigenvalue weighted by molar-refractivity contribution is 6.47. The van der Waals surface area contributed by atoms with Gasteiger partial charge in [-0.15, -0.1) is 0 Å². The van der Waals surface area contributed by atoms with Crippen molar-refractivity contribution in [1.82, 2.24) is 9.88 Å². The summed E-state index contributed by atoms with van der Waals surface area (Å²) < 4.78 is 5.83. The van der Waals surface area contributed by atoms with Crippen LogP contribution < -0.4 is 4.74 Å². The SMILES string of the molecule is O=C1C(=O)N(Cc2cccnc2)C(c2ccc(Cl)cc2Cl)/C1=C(\O)c1ccc(OCc2ccccc2)cc1. The predicted octanol–water partition coefficient (Wildman–Crippen LogP) is 6.59. The third kappa shape index (κ3) is 5.28. The Kier molecular flexibility index (Phi) is 7.45. The van der Waals surface area contributed by atoms with Gasteiger partial charge in [-0.25, -0.2) is 0 Å². The van der Waals surface area contributed by atoms with Crippen molar-refractivity contribution in [1.29, 1.82) is 0 Å². The fourth-order valence-electron chi connectivity index (χ4n) is 4.38. The Morgan fingerprint density at radius 2 is 1.66 bits per heavy atom. The fourth-order valence-corrected chi connectivity index (χ4v) is 4.90. The molecule has 6 nitrogen and oxygen atoms in total. The van der Waals surface area contributed by atoms with Gasteiger partial charge in [0.05, 0.1) is 11.6 Å². The normalized spacial score (nSPS) is 16.6. The number of hydrogen-bond acceptors (Lipinski definition) is 5. The molecule has 1 aliphatic rings. The Morgan fingerprint density at radius 1 is 0.921 bits per heavy atom. The summed E-state index contributed by atoms with van der Waals surface area (Å²) in [6.07, 6.45) is 3.24. The molecule has 38 heavy (non-hydrogen) atoms. The number of aliphatic hydroxyl groups is 1. The lowest BCUT2D eigenvalue weighted by atomic mass is 9.95. The molecule has 8 heteroatoms. The Bertz CT molecular complexity index is 1510. The van der Waals surface area contributed by atoms with Gasteiger partial charge in [0.25, 0.3) is 11.7 Å². The molecule has 3 aromatic carbocycles. The number of carbonyl (C=O) groups is 2. The minimum absolute atomic E-state index is 0.0546. The Labute approximate surface area is 229 Å². The lowest BCUT2D eigenvalue weighted by molar-refractivity contribution is -0.140. The molecule has 0 spiro atoms. The number of carbonyl (C=O) groups excluding carboxylic acids is 2.